The molecule has 0 unspecified atom stereocenters. The summed E-state index contributed by atoms with van der Waals surface area (Å²) in [6.45, 7) is 0.929. The second-order valence-electron chi connectivity index (χ2n) is 6.47. The fourth-order valence-corrected chi connectivity index (χ4v) is 5.67. The lowest BCUT2D eigenvalue weighted by Gasteiger charge is -2.21. The summed E-state index contributed by atoms with van der Waals surface area (Å²) in [5.41, 5.74) is 0.0650. The molecule has 1 aliphatic rings. The van der Waals surface area contributed by atoms with Crippen molar-refractivity contribution in [1.29, 1.82) is 0 Å². The zero-order chi connectivity index (χ0) is 20.2. The van der Waals surface area contributed by atoms with Crippen LogP contribution in [0, 0.1) is 0 Å². The number of anilines is 1. The average molecular weight is 426 g/mol. The molecule has 1 N–H and O–H groups in total. The van der Waals surface area contributed by atoms with Crippen LogP contribution in [-0.4, -0.2) is 46.3 Å². The van der Waals surface area contributed by atoms with Crippen molar-refractivity contribution in [3.05, 3.63) is 42.7 Å². The largest absolute Gasteiger partial charge is 0.495 e. The van der Waals surface area contributed by atoms with Crippen LogP contribution in [0.5, 0.6) is 5.75 Å². The van der Waals surface area contributed by atoms with Gasteiger partial charge in [-0.1, -0.05) is 12.8 Å². The van der Waals surface area contributed by atoms with Crippen molar-refractivity contribution in [1.82, 2.24) is 9.29 Å². The molecule has 1 aromatic heterocycles. The highest BCUT2D eigenvalue weighted by Gasteiger charge is 2.27. The Kier molecular flexibility index (Phi) is 6.21. The number of ether oxygens (including phenoxy) is 1. The van der Waals surface area contributed by atoms with Crippen LogP contribution >= 0.6 is 0 Å². The molecular formula is C18H23N3O5S2. The zero-order valence-corrected chi connectivity index (χ0v) is 17.2. The van der Waals surface area contributed by atoms with Crippen molar-refractivity contribution in [2.24, 2.45) is 0 Å². The molecule has 1 saturated heterocycles. The number of benzene rings is 1. The molecular weight excluding hydrogens is 402 g/mol. The second kappa shape index (κ2) is 8.46. The summed E-state index contributed by atoms with van der Waals surface area (Å²) in [5.74, 6) is 0.229. The van der Waals surface area contributed by atoms with Gasteiger partial charge in [-0.3, -0.25) is 9.71 Å². The van der Waals surface area contributed by atoms with E-state index in [0.29, 0.717) is 13.1 Å². The number of nitrogens with one attached hydrogen (secondary N) is 1. The molecule has 0 saturated carbocycles. The molecule has 1 aromatic carbocycles. The van der Waals surface area contributed by atoms with E-state index in [-0.39, 0.29) is 21.2 Å². The van der Waals surface area contributed by atoms with Crippen LogP contribution in [0.4, 0.5) is 5.69 Å². The molecule has 0 aliphatic carbocycles. The van der Waals surface area contributed by atoms with Gasteiger partial charge in [-0.2, -0.15) is 4.31 Å². The van der Waals surface area contributed by atoms with Crippen molar-refractivity contribution in [3.8, 4) is 5.75 Å². The van der Waals surface area contributed by atoms with Gasteiger partial charge in [-0.15, -0.1) is 0 Å². The number of sulfonamides is 2. The first-order valence-electron chi connectivity index (χ1n) is 8.95. The number of nitrogens with zero attached hydrogens (tertiary/aromatic N) is 2. The van der Waals surface area contributed by atoms with Gasteiger partial charge < -0.3 is 4.74 Å². The summed E-state index contributed by atoms with van der Waals surface area (Å²) >= 11 is 0. The molecule has 0 amide bonds. The van der Waals surface area contributed by atoms with Crippen LogP contribution in [0.25, 0.3) is 0 Å². The highest BCUT2D eigenvalue weighted by atomic mass is 32.2. The van der Waals surface area contributed by atoms with E-state index in [2.05, 4.69) is 9.71 Å². The van der Waals surface area contributed by atoms with E-state index in [0.717, 1.165) is 25.7 Å². The SMILES string of the molecule is COc1ccc(S(=O)(=O)N2CCCCCC2)cc1NS(=O)(=O)c1ccncc1. The van der Waals surface area contributed by atoms with Crippen LogP contribution in [0.3, 0.4) is 0 Å². The number of hydrogen-bond donors (Lipinski definition) is 1. The maximum atomic E-state index is 13.0. The summed E-state index contributed by atoms with van der Waals surface area (Å²) in [6, 6.07) is 6.90. The predicted octanol–water partition coefficient (Wildman–Crippen LogP) is 2.46. The summed E-state index contributed by atoms with van der Waals surface area (Å²) in [4.78, 5) is 3.85. The van der Waals surface area contributed by atoms with Gasteiger partial charge in [0.15, 0.2) is 0 Å². The monoisotopic (exact) mass is 425 g/mol. The molecule has 0 bridgehead atoms. The molecule has 0 spiro atoms. The minimum absolute atomic E-state index is 0.0188. The van der Waals surface area contributed by atoms with Crippen LogP contribution < -0.4 is 9.46 Å². The van der Waals surface area contributed by atoms with E-state index in [1.54, 1.807) is 0 Å². The molecule has 8 nitrogen and oxygen atoms in total. The third-order valence-electron chi connectivity index (χ3n) is 4.58. The Morgan fingerprint density at radius 2 is 1.57 bits per heavy atom. The Balaban J connectivity index is 1.96. The van der Waals surface area contributed by atoms with Crippen molar-refractivity contribution < 1.29 is 21.6 Å². The van der Waals surface area contributed by atoms with E-state index in [4.69, 9.17) is 4.74 Å². The molecule has 2 aromatic rings. The Bertz CT molecular complexity index is 1020. The Morgan fingerprint density at radius 3 is 2.18 bits per heavy atom. The lowest BCUT2D eigenvalue weighted by atomic mass is 10.2. The normalized spacial score (nSPS) is 16.3. The van der Waals surface area contributed by atoms with Crippen molar-refractivity contribution >= 4 is 25.7 Å². The molecule has 0 radical (unpaired) electrons. The minimum Gasteiger partial charge on any atom is -0.495 e. The lowest BCUT2D eigenvalue weighted by molar-refractivity contribution is 0.415. The topological polar surface area (TPSA) is 106 Å². The summed E-state index contributed by atoms with van der Waals surface area (Å²) in [6.07, 6.45) is 6.38. The van der Waals surface area contributed by atoms with Gasteiger partial charge in [0.2, 0.25) is 10.0 Å². The van der Waals surface area contributed by atoms with Crippen LogP contribution in [0.2, 0.25) is 0 Å². The van der Waals surface area contributed by atoms with E-state index >= 15 is 0 Å². The highest BCUT2D eigenvalue weighted by Crippen LogP contribution is 2.31. The van der Waals surface area contributed by atoms with E-state index in [1.807, 2.05) is 0 Å². The van der Waals surface area contributed by atoms with Gasteiger partial charge in [0.05, 0.1) is 22.6 Å². The third-order valence-corrected chi connectivity index (χ3v) is 7.85. The Morgan fingerprint density at radius 1 is 0.929 bits per heavy atom. The average Bonchev–Trinajstić information content (AvgIpc) is 2.98. The molecule has 0 atom stereocenters. The van der Waals surface area contributed by atoms with Gasteiger partial charge in [0.1, 0.15) is 5.75 Å². The van der Waals surface area contributed by atoms with E-state index in [9.17, 15) is 16.8 Å². The molecule has 10 heteroatoms. The molecule has 28 heavy (non-hydrogen) atoms. The van der Waals surface area contributed by atoms with Gasteiger partial charge in [0.25, 0.3) is 10.0 Å². The standard InChI is InChI=1S/C18H23N3O5S2/c1-26-18-7-6-16(28(24,25)21-12-4-2-3-5-13-21)14-17(18)20-27(22,23)15-8-10-19-11-9-15/h6-11,14,20H,2-5,12-13H2,1H3. The van der Waals surface area contributed by atoms with E-state index in [1.165, 1.54) is 54.1 Å². The van der Waals surface area contributed by atoms with E-state index < -0.39 is 20.0 Å². The van der Waals surface area contributed by atoms with Gasteiger partial charge in [-0.25, -0.2) is 16.8 Å². The maximum Gasteiger partial charge on any atom is 0.262 e. The van der Waals surface area contributed by atoms with Crippen LogP contribution in [0.15, 0.2) is 52.5 Å². The lowest BCUT2D eigenvalue weighted by Crippen LogP contribution is -2.32. The molecule has 1 aliphatic heterocycles. The quantitative estimate of drug-likeness (QED) is 0.762. The number of hydrogen-bond acceptors (Lipinski definition) is 6. The van der Waals surface area contributed by atoms with Crippen LogP contribution in [0.1, 0.15) is 25.7 Å². The summed E-state index contributed by atoms with van der Waals surface area (Å²) < 4.78 is 60.4. The minimum atomic E-state index is -3.92. The highest BCUT2D eigenvalue weighted by molar-refractivity contribution is 7.92. The fraction of sp³-hybridized carbons (Fsp3) is 0.389. The Hall–Kier alpha value is -2.17. The first kappa shape index (κ1) is 20.6. The number of rotatable bonds is 6. The van der Waals surface area contributed by atoms with Crippen molar-refractivity contribution in [2.75, 3.05) is 24.9 Å². The third kappa shape index (κ3) is 4.45. The molecule has 1 fully saturated rings. The first-order chi connectivity index (χ1) is 13.3. The smallest absolute Gasteiger partial charge is 0.262 e. The van der Waals surface area contributed by atoms with Crippen molar-refractivity contribution in [3.63, 3.8) is 0 Å². The number of methoxy groups -OCH3 is 1. The maximum absolute atomic E-state index is 13.0. The van der Waals surface area contributed by atoms with Crippen molar-refractivity contribution in [2.45, 2.75) is 35.5 Å². The number of pyridine rings is 1. The molecule has 3 rings (SSSR count). The number of aromatic nitrogens is 1. The summed E-state index contributed by atoms with van der Waals surface area (Å²) in [5, 5.41) is 0. The second-order valence-corrected chi connectivity index (χ2v) is 10.1. The summed E-state index contributed by atoms with van der Waals surface area (Å²) in [7, 11) is -6.25. The van der Waals surface area contributed by atoms with Crippen LogP contribution in [-0.2, 0) is 20.0 Å². The fourth-order valence-electron chi connectivity index (χ4n) is 3.08. The molecule has 152 valence electrons. The predicted molar refractivity (Wildman–Crippen MR) is 105 cm³/mol. The Labute approximate surface area is 165 Å². The first-order valence-corrected chi connectivity index (χ1v) is 11.9. The zero-order valence-electron chi connectivity index (χ0n) is 15.5. The van der Waals surface area contributed by atoms with Gasteiger partial charge in [0, 0.05) is 25.5 Å². The van der Waals surface area contributed by atoms with Gasteiger partial charge >= 0.3 is 0 Å². The molecule has 2 heterocycles. The van der Waals surface area contributed by atoms with Gasteiger partial charge in [-0.05, 0) is 43.2 Å².